The molecular formula is C24H32Cl2N2O4S. The van der Waals surface area contributed by atoms with Crippen LogP contribution in [0.15, 0.2) is 30.3 Å². The number of aryl methyl sites for hydroxylation is 1. The van der Waals surface area contributed by atoms with Crippen LogP contribution in [0.25, 0.3) is 0 Å². The number of ether oxygens (including phenoxy) is 1. The quantitative estimate of drug-likeness (QED) is 0.430. The van der Waals surface area contributed by atoms with Gasteiger partial charge in [0.15, 0.2) is 0 Å². The minimum atomic E-state index is -3.55. The van der Waals surface area contributed by atoms with Crippen LogP contribution in [0.1, 0.15) is 62.3 Å². The lowest BCUT2D eigenvalue weighted by atomic mass is 9.93. The van der Waals surface area contributed by atoms with Gasteiger partial charge in [-0.3, -0.25) is 9.10 Å². The Bertz CT molecular complexity index is 1100. The van der Waals surface area contributed by atoms with Crippen LogP contribution in [-0.2, 0) is 14.8 Å². The zero-order chi connectivity index (χ0) is 24.9. The van der Waals surface area contributed by atoms with Crippen molar-refractivity contribution in [2.24, 2.45) is 0 Å². The summed E-state index contributed by atoms with van der Waals surface area (Å²) < 4.78 is 31.3. The Morgan fingerprint density at radius 1 is 1.09 bits per heavy atom. The van der Waals surface area contributed by atoms with Crippen molar-refractivity contribution in [2.45, 2.75) is 52.5 Å². The van der Waals surface area contributed by atoms with Crippen LogP contribution >= 0.6 is 23.2 Å². The monoisotopic (exact) mass is 514 g/mol. The number of anilines is 1. The molecule has 2 aromatic carbocycles. The van der Waals surface area contributed by atoms with Crippen LogP contribution in [0.2, 0.25) is 10.0 Å². The summed E-state index contributed by atoms with van der Waals surface area (Å²) in [6.45, 7) is 8.28. The van der Waals surface area contributed by atoms with Gasteiger partial charge in [-0.2, -0.15) is 0 Å². The molecule has 1 N–H and O–H groups in total. The van der Waals surface area contributed by atoms with Crippen LogP contribution in [0.3, 0.4) is 0 Å². The lowest BCUT2D eigenvalue weighted by molar-refractivity contribution is -0.121. The number of benzene rings is 2. The first-order valence-corrected chi connectivity index (χ1v) is 13.4. The molecular weight excluding hydrogens is 483 g/mol. The SMILES string of the molecule is COc1cc(C)c([C@H](C)NC(=O)CCCN(c2ccc(Cl)c(Cl)c2)S(C)(=O)=O)cc1C(C)C. The number of nitrogens with one attached hydrogen (secondary N) is 1. The Morgan fingerprint density at radius 3 is 2.30 bits per heavy atom. The summed E-state index contributed by atoms with van der Waals surface area (Å²) in [5.41, 5.74) is 3.56. The fourth-order valence-electron chi connectivity index (χ4n) is 3.71. The second kappa shape index (κ2) is 11.4. The molecule has 0 saturated carbocycles. The largest absolute Gasteiger partial charge is 0.496 e. The van der Waals surface area contributed by atoms with Crippen LogP contribution < -0.4 is 14.4 Å². The molecule has 1 amide bonds. The number of carbonyl (C=O) groups is 1. The summed E-state index contributed by atoms with van der Waals surface area (Å²) in [6, 6.07) is 8.53. The first kappa shape index (κ1) is 27.3. The van der Waals surface area contributed by atoms with Crippen LogP contribution in [0, 0.1) is 6.92 Å². The Labute approximate surface area is 207 Å². The van der Waals surface area contributed by atoms with Crippen molar-refractivity contribution in [3.05, 3.63) is 57.1 Å². The third-order valence-corrected chi connectivity index (χ3v) is 7.37. The van der Waals surface area contributed by atoms with Crippen LogP contribution in [0.5, 0.6) is 5.75 Å². The number of hydrogen-bond acceptors (Lipinski definition) is 4. The fraction of sp³-hybridized carbons (Fsp3) is 0.458. The molecule has 9 heteroatoms. The van der Waals surface area contributed by atoms with E-state index in [9.17, 15) is 13.2 Å². The second-order valence-corrected chi connectivity index (χ2v) is 11.2. The summed E-state index contributed by atoms with van der Waals surface area (Å²) in [4.78, 5) is 12.6. The standard InChI is InChI=1S/C24H32Cl2N2O4S/c1-15(2)19-14-20(16(3)12-23(19)32-5)17(4)27-24(29)8-7-11-28(33(6,30)31)18-9-10-21(25)22(26)13-18/h9-10,12-15,17H,7-8,11H2,1-6H3,(H,27,29)/t17-/m0/s1. The molecule has 0 saturated heterocycles. The van der Waals surface area contributed by atoms with E-state index in [0.29, 0.717) is 17.1 Å². The average molecular weight is 516 g/mol. The van der Waals surface area contributed by atoms with Gasteiger partial charge in [-0.1, -0.05) is 37.0 Å². The number of methoxy groups -OCH3 is 1. The molecule has 33 heavy (non-hydrogen) atoms. The third-order valence-electron chi connectivity index (χ3n) is 5.44. The molecule has 0 spiro atoms. The highest BCUT2D eigenvalue weighted by Crippen LogP contribution is 2.32. The minimum absolute atomic E-state index is 0.147. The van der Waals surface area contributed by atoms with E-state index in [1.165, 1.54) is 10.4 Å². The van der Waals surface area contributed by atoms with Crippen molar-refractivity contribution >= 4 is 44.8 Å². The zero-order valence-corrected chi connectivity index (χ0v) is 22.2. The number of amides is 1. The molecule has 0 aliphatic heterocycles. The van der Waals surface area contributed by atoms with Crippen molar-refractivity contribution in [1.82, 2.24) is 5.32 Å². The molecule has 2 rings (SSSR count). The van der Waals surface area contributed by atoms with Crippen molar-refractivity contribution in [3.8, 4) is 5.75 Å². The van der Waals surface area contributed by atoms with E-state index in [0.717, 1.165) is 28.7 Å². The maximum absolute atomic E-state index is 12.6. The lowest BCUT2D eigenvalue weighted by Gasteiger charge is -2.23. The normalized spacial score (nSPS) is 12.5. The van der Waals surface area contributed by atoms with Gasteiger partial charge < -0.3 is 10.1 Å². The predicted octanol–water partition coefficient (Wildman–Crippen LogP) is 5.86. The van der Waals surface area contributed by atoms with Gasteiger partial charge in [0.25, 0.3) is 0 Å². The number of halogens is 2. The summed E-state index contributed by atoms with van der Waals surface area (Å²) in [7, 11) is -1.89. The fourth-order valence-corrected chi connectivity index (χ4v) is 4.96. The van der Waals surface area contributed by atoms with Crippen LogP contribution in [0.4, 0.5) is 5.69 Å². The van der Waals surface area contributed by atoms with Crippen molar-refractivity contribution in [3.63, 3.8) is 0 Å². The highest BCUT2D eigenvalue weighted by molar-refractivity contribution is 7.92. The Balaban J connectivity index is 2.05. The summed E-state index contributed by atoms with van der Waals surface area (Å²) in [5.74, 6) is 0.977. The van der Waals surface area contributed by atoms with Crippen molar-refractivity contribution in [2.75, 3.05) is 24.2 Å². The first-order valence-electron chi connectivity index (χ1n) is 10.8. The molecule has 0 aliphatic rings. The molecule has 0 unspecified atom stereocenters. The first-order chi connectivity index (χ1) is 15.3. The van der Waals surface area contributed by atoms with E-state index in [1.807, 2.05) is 19.9 Å². The zero-order valence-electron chi connectivity index (χ0n) is 19.9. The molecule has 6 nitrogen and oxygen atoms in total. The Kier molecular flexibility index (Phi) is 9.47. The lowest BCUT2D eigenvalue weighted by Crippen LogP contribution is -2.32. The number of nitrogens with zero attached hydrogens (tertiary/aromatic N) is 1. The Hall–Kier alpha value is -1.96. The number of rotatable bonds is 10. The summed E-state index contributed by atoms with van der Waals surface area (Å²) in [6.07, 6.45) is 1.66. The van der Waals surface area contributed by atoms with E-state index in [1.54, 1.807) is 19.2 Å². The van der Waals surface area contributed by atoms with E-state index in [2.05, 4.69) is 25.2 Å². The molecule has 0 bridgehead atoms. The molecule has 2 aromatic rings. The van der Waals surface area contributed by atoms with Gasteiger partial charge in [0.2, 0.25) is 15.9 Å². The maximum atomic E-state index is 12.6. The minimum Gasteiger partial charge on any atom is -0.496 e. The van der Waals surface area contributed by atoms with Crippen molar-refractivity contribution in [1.29, 1.82) is 0 Å². The molecule has 0 radical (unpaired) electrons. The van der Waals surface area contributed by atoms with Gasteiger partial charge in [-0.15, -0.1) is 0 Å². The summed E-state index contributed by atoms with van der Waals surface area (Å²) >= 11 is 12.0. The van der Waals surface area contributed by atoms with Gasteiger partial charge in [-0.05, 0) is 73.2 Å². The van der Waals surface area contributed by atoms with Gasteiger partial charge >= 0.3 is 0 Å². The summed E-state index contributed by atoms with van der Waals surface area (Å²) in [5, 5.41) is 3.64. The molecule has 0 fully saturated rings. The smallest absolute Gasteiger partial charge is 0.232 e. The molecule has 0 aromatic heterocycles. The second-order valence-electron chi connectivity index (χ2n) is 8.43. The highest BCUT2D eigenvalue weighted by Gasteiger charge is 2.20. The molecule has 1 atom stereocenters. The number of carbonyl (C=O) groups excluding carboxylic acids is 1. The number of sulfonamides is 1. The molecule has 0 aliphatic carbocycles. The van der Waals surface area contributed by atoms with E-state index in [-0.39, 0.29) is 35.9 Å². The third kappa shape index (κ3) is 7.26. The van der Waals surface area contributed by atoms with Gasteiger partial charge in [-0.25, -0.2) is 8.42 Å². The molecule has 182 valence electrons. The highest BCUT2D eigenvalue weighted by atomic mass is 35.5. The van der Waals surface area contributed by atoms with Gasteiger partial charge in [0.1, 0.15) is 5.75 Å². The maximum Gasteiger partial charge on any atom is 0.232 e. The van der Waals surface area contributed by atoms with E-state index >= 15 is 0 Å². The Morgan fingerprint density at radius 2 is 1.76 bits per heavy atom. The predicted molar refractivity (Wildman–Crippen MR) is 136 cm³/mol. The van der Waals surface area contributed by atoms with Gasteiger partial charge in [0, 0.05) is 13.0 Å². The van der Waals surface area contributed by atoms with Crippen molar-refractivity contribution < 1.29 is 17.9 Å². The molecule has 0 heterocycles. The average Bonchev–Trinajstić information content (AvgIpc) is 2.71. The van der Waals surface area contributed by atoms with Crippen LogP contribution in [-0.4, -0.2) is 34.2 Å². The van der Waals surface area contributed by atoms with E-state index in [4.69, 9.17) is 27.9 Å². The number of hydrogen-bond donors (Lipinski definition) is 1. The topological polar surface area (TPSA) is 75.7 Å². The van der Waals surface area contributed by atoms with Gasteiger partial charge in [0.05, 0.1) is 35.1 Å². The van der Waals surface area contributed by atoms with E-state index < -0.39 is 10.0 Å².